The van der Waals surface area contributed by atoms with E-state index in [-0.39, 0.29) is 17.6 Å². The molecule has 186 valence electrons. The summed E-state index contributed by atoms with van der Waals surface area (Å²) in [5.74, 6) is -0.597. The summed E-state index contributed by atoms with van der Waals surface area (Å²) in [5.41, 5.74) is 1.29. The highest BCUT2D eigenvalue weighted by Crippen LogP contribution is 2.31. The van der Waals surface area contributed by atoms with Gasteiger partial charge in [0.15, 0.2) is 0 Å². The first-order valence-corrected chi connectivity index (χ1v) is 13.0. The third-order valence-electron chi connectivity index (χ3n) is 8.35. The number of likely N-dealkylation sites (tertiary alicyclic amines) is 1. The first-order chi connectivity index (χ1) is 16.5. The van der Waals surface area contributed by atoms with Gasteiger partial charge in [-0.05, 0) is 75.9 Å². The Labute approximate surface area is 202 Å². The summed E-state index contributed by atoms with van der Waals surface area (Å²) < 4.78 is 15.0. The van der Waals surface area contributed by atoms with E-state index in [1.165, 1.54) is 45.1 Å². The van der Waals surface area contributed by atoms with E-state index in [0.29, 0.717) is 30.0 Å². The molecule has 4 heterocycles. The molecule has 4 aliphatic rings. The number of anilines is 1. The highest BCUT2D eigenvalue weighted by atomic mass is 19.1. The average Bonchev–Trinajstić information content (AvgIpc) is 3.26. The van der Waals surface area contributed by atoms with Crippen molar-refractivity contribution in [3.05, 3.63) is 29.6 Å². The molecule has 0 aliphatic carbocycles. The number of imide groups is 1. The van der Waals surface area contributed by atoms with E-state index in [4.69, 9.17) is 0 Å². The third kappa shape index (κ3) is 5.29. The Bertz CT molecular complexity index is 895. The topological polar surface area (TPSA) is 59.1 Å². The quantitative estimate of drug-likeness (QED) is 0.665. The normalized spacial score (nSPS) is 26.9. The van der Waals surface area contributed by atoms with Gasteiger partial charge in [0.2, 0.25) is 11.8 Å². The first kappa shape index (κ1) is 23.7. The number of carbonyl (C=O) groups is 2. The van der Waals surface area contributed by atoms with Crippen molar-refractivity contribution in [1.29, 1.82) is 0 Å². The Morgan fingerprint density at radius 3 is 2.38 bits per heavy atom. The largest absolute Gasteiger partial charge is 0.369 e. The van der Waals surface area contributed by atoms with Crippen LogP contribution in [0.15, 0.2) is 18.2 Å². The van der Waals surface area contributed by atoms with Crippen LogP contribution in [-0.2, 0) is 9.59 Å². The minimum Gasteiger partial charge on any atom is -0.369 e. The highest BCUT2D eigenvalue weighted by Gasteiger charge is 2.31. The lowest BCUT2D eigenvalue weighted by Crippen LogP contribution is -2.46. The van der Waals surface area contributed by atoms with Gasteiger partial charge >= 0.3 is 0 Å². The molecular formula is C26H38FN5O2. The monoisotopic (exact) mass is 471 g/mol. The fourth-order valence-electron chi connectivity index (χ4n) is 6.25. The van der Waals surface area contributed by atoms with E-state index in [9.17, 15) is 14.0 Å². The smallest absolute Gasteiger partial charge is 0.234 e. The number of nitrogens with zero attached hydrogens (tertiary/aromatic N) is 4. The van der Waals surface area contributed by atoms with Crippen molar-refractivity contribution in [2.75, 3.05) is 64.4 Å². The summed E-state index contributed by atoms with van der Waals surface area (Å²) in [6.45, 7) is 8.82. The van der Waals surface area contributed by atoms with Crippen LogP contribution >= 0.6 is 0 Å². The number of hydrogen-bond acceptors (Lipinski definition) is 6. The second-order valence-corrected chi connectivity index (χ2v) is 10.7. The Morgan fingerprint density at radius 2 is 1.74 bits per heavy atom. The zero-order valence-corrected chi connectivity index (χ0v) is 20.3. The molecule has 1 atom stereocenters. The van der Waals surface area contributed by atoms with Gasteiger partial charge in [-0.1, -0.05) is 6.07 Å². The number of likely N-dealkylation sites (N-methyl/N-ethyl adjacent to an activating group) is 1. The van der Waals surface area contributed by atoms with Crippen LogP contribution in [-0.4, -0.2) is 92.1 Å². The molecule has 0 aromatic heterocycles. The number of piperidine rings is 3. The number of carbonyl (C=O) groups excluding carboxylic acids is 2. The Hall–Kier alpha value is -2.03. The second kappa shape index (κ2) is 10.3. The number of nitrogens with one attached hydrogen (secondary N) is 1. The fourth-order valence-corrected chi connectivity index (χ4v) is 6.25. The predicted molar refractivity (Wildman–Crippen MR) is 130 cm³/mol. The molecular weight excluding hydrogens is 433 g/mol. The molecule has 4 saturated heterocycles. The molecule has 1 unspecified atom stereocenters. The number of hydrogen-bond donors (Lipinski definition) is 1. The average molecular weight is 472 g/mol. The van der Waals surface area contributed by atoms with Crippen LogP contribution in [0.4, 0.5) is 10.1 Å². The van der Waals surface area contributed by atoms with Gasteiger partial charge in [0.1, 0.15) is 5.82 Å². The van der Waals surface area contributed by atoms with Crippen molar-refractivity contribution < 1.29 is 14.0 Å². The summed E-state index contributed by atoms with van der Waals surface area (Å²) in [4.78, 5) is 33.4. The summed E-state index contributed by atoms with van der Waals surface area (Å²) in [5, 5.41) is 2.36. The molecule has 1 aromatic carbocycles. The molecule has 0 bridgehead atoms. The maximum Gasteiger partial charge on any atom is 0.234 e. The van der Waals surface area contributed by atoms with Gasteiger partial charge < -0.3 is 9.80 Å². The van der Waals surface area contributed by atoms with E-state index >= 15 is 0 Å². The maximum atomic E-state index is 15.0. The van der Waals surface area contributed by atoms with E-state index in [2.05, 4.69) is 32.0 Å². The lowest BCUT2D eigenvalue weighted by molar-refractivity contribution is -0.134. The molecule has 4 fully saturated rings. The summed E-state index contributed by atoms with van der Waals surface area (Å²) in [6.07, 6.45) is 5.48. The Morgan fingerprint density at radius 1 is 0.971 bits per heavy atom. The molecule has 5 rings (SSSR count). The number of halogens is 1. The van der Waals surface area contributed by atoms with Gasteiger partial charge in [-0.15, -0.1) is 0 Å². The van der Waals surface area contributed by atoms with Gasteiger partial charge in [0, 0.05) is 45.2 Å². The minimum absolute atomic E-state index is 0.245. The van der Waals surface area contributed by atoms with Crippen LogP contribution < -0.4 is 10.2 Å². The van der Waals surface area contributed by atoms with E-state index in [0.717, 1.165) is 45.2 Å². The van der Waals surface area contributed by atoms with Gasteiger partial charge in [0.25, 0.3) is 0 Å². The lowest BCUT2D eigenvalue weighted by Gasteiger charge is -2.40. The number of amides is 2. The van der Waals surface area contributed by atoms with Gasteiger partial charge in [-0.25, -0.2) is 4.39 Å². The van der Waals surface area contributed by atoms with Crippen LogP contribution in [0.25, 0.3) is 0 Å². The van der Waals surface area contributed by atoms with E-state index in [1.807, 2.05) is 12.1 Å². The van der Waals surface area contributed by atoms with Gasteiger partial charge in [-0.2, -0.15) is 0 Å². The molecule has 1 aromatic rings. The molecule has 0 spiro atoms. The standard InChI is InChI=1S/C26H38FN5O2/c1-29-14-15-32(18-29)21-8-10-30(11-9-21)17-19-6-12-31(13-7-19)24-4-2-20(16-23(24)27)22-3-5-25(33)28-26(22)34/h2,4,16,19,21-22H,3,5-15,17-18H2,1H3,(H,28,33,34). The molecule has 1 N–H and O–H groups in total. The molecule has 8 heteroatoms. The molecule has 0 radical (unpaired) electrons. The minimum atomic E-state index is -0.442. The van der Waals surface area contributed by atoms with Crippen molar-refractivity contribution >= 4 is 17.5 Å². The van der Waals surface area contributed by atoms with Crippen LogP contribution in [0.3, 0.4) is 0 Å². The predicted octanol–water partition coefficient (Wildman–Crippen LogP) is 2.23. The molecule has 7 nitrogen and oxygen atoms in total. The molecule has 4 aliphatic heterocycles. The van der Waals surface area contributed by atoms with Crippen LogP contribution in [0, 0.1) is 11.7 Å². The summed E-state index contributed by atoms with van der Waals surface area (Å²) >= 11 is 0. The van der Waals surface area contributed by atoms with E-state index < -0.39 is 5.92 Å². The van der Waals surface area contributed by atoms with Gasteiger partial charge in [0.05, 0.1) is 18.3 Å². The Balaban J connectivity index is 1.09. The Kier molecular flexibility index (Phi) is 7.18. The van der Waals surface area contributed by atoms with Crippen molar-refractivity contribution in [1.82, 2.24) is 20.0 Å². The van der Waals surface area contributed by atoms with Crippen LogP contribution in [0.1, 0.15) is 50.0 Å². The van der Waals surface area contributed by atoms with E-state index in [1.54, 1.807) is 0 Å². The fraction of sp³-hybridized carbons (Fsp3) is 0.692. The molecule has 2 amide bonds. The SMILES string of the molecule is CN1CCN(C2CCN(CC3CCN(c4ccc(C5CCC(=O)NC5=O)cc4F)CC3)CC2)C1. The molecule has 0 saturated carbocycles. The zero-order valence-electron chi connectivity index (χ0n) is 20.3. The van der Waals surface area contributed by atoms with Crippen molar-refractivity contribution in [3.8, 4) is 0 Å². The van der Waals surface area contributed by atoms with Gasteiger partial charge in [-0.3, -0.25) is 24.7 Å². The zero-order chi connectivity index (χ0) is 23.7. The molecule has 34 heavy (non-hydrogen) atoms. The maximum absolute atomic E-state index is 15.0. The van der Waals surface area contributed by atoms with Crippen LogP contribution in [0.2, 0.25) is 0 Å². The summed E-state index contributed by atoms with van der Waals surface area (Å²) in [6, 6.07) is 5.90. The van der Waals surface area contributed by atoms with Crippen molar-refractivity contribution in [3.63, 3.8) is 0 Å². The highest BCUT2D eigenvalue weighted by molar-refractivity contribution is 6.00. The summed E-state index contributed by atoms with van der Waals surface area (Å²) in [7, 11) is 2.21. The third-order valence-corrected chi connectivity index (χ3v) is 8.35. The number of rotatable bonds is 5. The van der Waals surface area contributed by atoms with Crippen LogP contribution in [0.5, 0.6) is 0 Å². The second-order valence-electron chi connectivity index (χ2n) is 10.7. The lowest BCUT2D eigenvalue weighted by atomic mass is 9.90. The van der Waals surface area contributed by atoms with Crippen molar-refractivity contribution in [2.45, 2.75) is 50.5 Å². The van der Waals surface area contributed by atoms with Crippen molar-refractivity contribution in [2.24, 2.45) is 5.92 Å². The number of benzene rings is 1. The first-order valence-electron chi connectivity index (χ1n) is 13.0.